The highest BCUT2D eigenvalue weighted by molar-refractivity contribution is 9.10. The van der Waals surface area contributed by atoms with Crippen LogP contribution in [0.4, 0.5) is 8.78 Å². The minimum absolute atomic E-state index is 0.292. The summed E-state index contributed by atoms with van der Waals surface area (Å²) in [6.07, 6.45) is 0.458. The van der Waals surface area contributed by atoms with Gasteiger partial charge in [-0.1, -0.05) is 34.1 Å². The number of nitrogens with two attached hydrogens (primary N) is 1. The van der Waals surface area contributed by atoms with Gasteiger partial charge >= 0.3 is 0 Å². The topological polar surface area (TPSA) is 26.0 Å². The van der Waals surface area contributed by atoms with E-state index >= 15 is 0 Å². The summed E-state index contributed by atoms with van der Waals surface area (Å²) in [5.74, 6) is -0.626. The van der Waals surface area contributed by atoms with Gasteiger partial charge in [-0.15, -0.1) is 0 Å². The maximum absolute atomic E-state index is 13.7. The van der Waals surface area contributed by atoms with Crippen molar-refractivity contribution in [3.05, 3.63) is 69.7 Å². The smallest absolute Gasteiger partial charge is 0.129 e. The molecule has 1 unspecified atom stereocenters. The Morgan fingerprint density at radius 3 is 2.33 bits per heavy atom. The van der Waals surface area contributed by atoms with Gasteiger partial charge < -0.3 is 5.73 Å². The molecule has 0 spiro atoms. The van der Waals surface area contributed by atoms with Crippen LogP contribution in [0.25, 0.3) is 0 Å². The lowest BCUT2D eigenvalue weighted by molar-refractivity contribution is 0.577. The Labute approximate surface area is 113 Å². The number of benzene rings is 2. The van der Waals surface area contributed by atoms with E-state index in [9.17, 15) is 8.78 Å². The van der Waals surface area contributed by atoms with Crippen LogP contribution in [-0.2, 0) is 6.42 Å². The summed E-state index contributed by atoms with van der Waals surface area (Å²) in [5, 5.41) is 0. The summed E-state index contributed by atoms with van der Waals surface area (Å²) in [4.78, 5) is 0. The first kappa shape index (κ1) is 13.2. The Balaban J connectivity index is 2.22. The van der Waals surface area contributed by atoms with E-state index in [0.29, 0.717) is 16.5 Å². The fourth-order valence-corrected chi connectivity index (χ4v) is 2.48. The third-order valence-electron chi connectivity index (χ3n) is 2.74. The largest absolute Gasteiger partial charge is 0.324 e. The summed E-state index contributed by atoms with van der Waals surface area (Å²) in [6.45, 7) is 0. The van der Waals surface area contributed by atoms with E-state index in [1.165, 1.54) is 18.2 Å². The number of hydrogen-bond acceptors (Lipinski definition) is 1. The second kappa shape index (κ2) is 5.59. The average Bonchev–Trinajstić information content (AvgIpc) is 2.32. The highest BCUT2D eigenvalue weighted by atomic mass is 79.9. The molecule has 1 atom stereocenters. The quantitative estimate of drug-likeness (QED) is 0.912. The van der Waals surface area contributed by atoms with Gasteiger partial charge in [-0.25, -0.2) is 8.78 Å². The normalized spacial score (nSPS) is 12.4. The maximum atomic E-state index is 13.7. The molecule has 0 saturated heterocycles. The molecule has 0 aliphatic heterocycles. The van der Waals surface area contributed by atoms with Gasteiger partial charge in [0, 0.05) is 16.1 Å². The van der Waals surface area contributed by atoms with Crippen LogP contribution in [0.5, 0.6) is 0 Å². The van der Waals surface area contributed by atoms with E-state index in [1.54, 1.807) is 24.3 Å². The Morgan fingerprint density at radius 1 is 1.06 bits per heavy atom. The molecule has 18 heavy (non-hydrogen) atoms. The van der Waals surface area contributed by atoms with Gasteiger partial charge in [0.1, 0.15) is 11.6 Å². The molecule has 0 fully saturated rings. The second-order valence-corrected chi connectivity index (χ2v) is 4.93. The molecule has 0 aliphatic rings. The molecule has 2 aromatic carbocycles. The molecule has 0 bridgehead atoms. The van der Waals surface area contributed by atoms with Crippen LogP contribution in [0.15, 0.2) is 46.9 Å². The van der Waals surface area contributed by atoms with Crippen molar-refractivity contribution in [1.82, 2.24) is 0 Å². The molecule has 0 heterocycles. The monoisotopic (exact) mass is 311 g/mol. The van der Waals surface area contributed by atoms with Crippen molar-refractivity contribution >= 4 is 15.9 Å². The van der Waals surface area contributed by atoms with Gasteiger partial charge in [-0.3, -0.25) is 0 Å². The Bertz CT molecular complexity index is 520. The average molecular weight is 312 g/mol. The van der Waals surface area contributed by atoms with Crippen molar-refractivity contribution in [2.45, 2.75) is 12.5 Å². The molecule has 2 N–H and O–H groups in total. The van der Waals surface area contributed by atoms with Crippen molar-refractivity contribution in [2.24, 2.45) is 5.73 Å². The molecule has 0 amide bonds. The Kier molecular flexibility index (Phi) is 4.09. The van der Waals surface area contributed by atoms with Crippen LogP contribution in [0.2, 0.25) is 0 Å². The standard InChI is InChI=1S/C14H12BrF2N/c15-11-2-1-3-12(17)14(11)13(18)8-9-4-6-10(16)7-5-9/h1-7,13H,8,18H2. The fourth-order valence-electron chi connectivity index (χ4n) is 1.84. The summed E-state index contributed by atoms with van der Waals surface area (Å²) < 4.78 is 27.1. The van der Waals surface area contributed by atoms with Crippen molar-refractivity contribution < 1.29 is 8.78 Å². The van der Waals surface area contributed by atoms with E-state index < -0.39 is 6.04 Å². The first-order valence-electron chi connectivity index (χ1n) is 5.52. The summed E-state index contributed by atoms with van der Waals surface area (Å²) in [7, 11) is 0. The van der Waals surface area contributed by atoms with Gasteiger partial charge in [0.25, 0.3) is 0 Å². The van der Waals surface area contributed by atoms with Crippen LogP contribution in [0.3, 0.4) is 0 Å². The first-order valence-corrected chi connectivity index (χ1v) is 6.31. The van der Waals surface area contributed by atoms with Crippen molar-refractivity contribution in [3.63, 3.8) is 0 Å². The van der Waals surface area contributed by atoms with E-state index in [2.05, 4.69) is 15.9 Å². The van der Waals surface area contributed by atoms with Gasteiger partial charge in [0.05, 0.1) is 0 Å². The SMILES string of the molecule is NC(Cc1ccc(F)cc1)c1c(F)cccc1Br. The highest BCUT2D eigenvalue weighted by Gasteiger charge is 2.15. The van der Waals surface area contributed by atoms with Gasteiger partial charge in [0.15, 0.2) is 0 Å². The molecular weight excluding hydrogens is 300 g/mol. The second-order valence-electron chi connectivity index (χ2n) is 4.07. The molecular formula is C14H12BrF2N. The van der Waals surface area contributed by atoms with Crippen molar-refractivity contribution in [2.75, 3.05) is 0 Å². The first-order chi connectivity index (χ1) is 8.58. The van der Waals surface area contributed by atoms with E-state index in [-0.39, 0.29) is 11.6 Å². The molecule has 0 radical (unpaired) electrons. The molecule has 2 rings (SSSR count). The van der Waals surface area contributed by atoms with Crippen LogP contribution in [-0.4, -0.2) is 0 Å². The zero-order valence-corrected chi connectivity index (χ0v) is 11.1. The minimum atomic E-state index is -0.467. The molecule has 2 aromatic rings. The van der Waals surface area contributed by atoms with Crippen LogP contribution >= 0.6 is 15.9 Å². The van der Waals surface area contributed by atoms with Crippen molar-refractivity contribution in [1.29, 1.82) is 0 Å². The molecule has 1 nitrogen and oxygen atoms in total. The summed E-state index contributed by atoms with van der Waals surface area (Å²) >= 11 is 3.29. The Morgan fingerprint density at radius 2 is 1.72 bits per heavy atom. The van der Waals surface area contributed by atoms with E-state index in [1.807, 2.05) is 0 Å². The number of halogens is 3. The zero-order valence-electron chi connectivity index (χ0n) is 9.54. The Hall–Kier alpha value is -1.26. The van der Waals surface area contributed by atoms with E-state index in [0.717, 1.165) is 5.56 Å². The lowest BCUT2D eigenvalue weighted by Gasteiger charge is -2.15. The molecule has 94 valence electrons. The highest BCUT2D eigenvalue weighted by Crippen LogP contribution is 2.27. The third kappa shape index (κ3) is 2.94. The molecule has 0 aromatic heterocycles. The van der Waals surface area contributed by atoms with E-state index in [4.69, 9.17) is 5.73 Å². The molecule has 0 saturated carbocycles. The van der Waals surface area contributed by atoms with Gasteiger partial charge in [-0.05, 0) is 36.2 Å². The van der Waals surface area contributed by atoms with Crippen LogP contribution < -0.4 is 5.73 Å². The zero-order chi connectivity index (χ0) is 13.1. The van der Waals surface area contributed by atoms with Crippen molar-refractivity contribution in [3.8, 4) is 0 Å². The van der Waals surface area contributed by atoms with Gasteiger partial charge in [-0.2, -0.15) is 0 Å². The lowest BCUT2D eigenvalue weighted by Crippen LogP contribution is -2.15. The van der Waals surface area contributed by atoms with Gasteiger partial charge in [0.2, 0.25) is 0 Å². The predicted octanol–water partition coefficient (Wildman–Crippen LogP) is 3.97. The molecule has 4 heteroatoms. The molecule has 0 aliphatic carbocycles. The summed E-state index contributed by atoms with van der Waals surface area (Å²) in [5.41, 5.74) is 7.32. The lowest BCUT2D eigenvalue weighted by atomic mass is 9.99. The summed E-state index contributed by atoms with van der Waals surface area (Å²) in [6, 6.07) is 10.3. The number of hydrogen-bond donors (Lipinski definition) is 1. The fraction of sp³-hybridized carbons (Fsp3) is 0.143. The van der Waals surface area contributed by atoms with Crippen LogP contribution in [0.1, 0.15) is 17.2 Å². The maximum Gasteiger partial charge on any atom is 0.129 e. The minimum Gasteiger partial charge on any atom is -0.324 e. The third-order valence-corrected chi connectivity index (χ3v) is 3.43. The number of rotatable bonds is 3. The predicted molar refractivity (Wildman–Crippen MR) is 71.1 cm³/mol. The van der Waals surface area contributed by atoms with Crippen LogP contribution in [0, 0.1) is 11.6 Å².